The van der Waals surface area contributed by atoms with E-state index in [1.807, 2.05) is 0 Å². The van der Waals surface area contributed by atoms with Gasteiger partial charge in [0.1, 0.15) is 6.10 Å². The van der Waals surface area contributed by atoms with Crippen LogP contribution in [0.1, 0.15) is 206 Å². The van der Waals surface area contributed by atoms with Crippen LogP contribution in [-0.2, 0) is 14.3 Å². The average molecular weight is 578 g/mol. The van der Waals surface area contributed by atoms with Crippen molar-refractivity contribution in [3.05, 3.63) is 0 Å². The number of likely N-dealkylation sites (N-methyl/N-ethyl adjacent to an activating group) is 1. The predicted molar refractivity (Wildman–Crippen MR) is 176 cm³/mol. The number of rotatable bonds is 31. The molecule has 0 radical (unpaired) electrons. The Morgan fingerprint density at radius 2 is 0.854 bits per heavy atom. The van der Waals surface area contributed by atoms with Gasteiger partial charge in [0, 0.05) is 13.5 Å². The maximum absolute atomic E-state index is 11.9. The Morgan fingerprint density at radius 1 is 0.561 bits per heavy atom. The van der Waals surface area contributed by atoms with Crippen LogP contribution < -0.4 is 0 Å². The fourth-order valence-corrected chi connectivity index (χ4v) is 6.26. The summed E-state index contributed by atoms with van der Waals surface area (Å²) in [6, 6.07) is 0. The molecule has 1 amide bonds. The maximum atomic E-state index is 11.9. The SMILES string of the molecule is CCCCCCCCCCCCCCCCCCCCCCCCCCCCCCCC(=O)OC1CC(=O)N(C)C1. The topological polar surface area (TPSA) is 46.6 Å². The molecule has 1 heterocycles. The van der Waals surface area contributed by atoms with Crippen molar-refractivity contribution < 1.29 is 14.3 Å². The molecule has 1 aliphatic heterocycles. The van der Waals surface area contributed by atoms with Gasteiger partial charge in [-0.2, -0.15) is 0 Å². The molecule has 4 nitrogen and oxygen atoms in total. The highest BCUT2D eigenvalue weighted by molar-refractivity contribution is 5.79. The predicted octanol–water partition coefficient (Wildman–Crippen LogP) is 11.5. The van der Waals surface area contributed by atoms with E-state index in [9.17, 15) is 9.59 Å². The summed E-state index contributed by atoms with van der Waals surface area (Å²) in [6.45, 7) is 2.84. The lowest BCUT2D eigenvalue weighted by atomic mass is 10.0. The third kappa shape index (κ3) is 25.2. The minimum atomic E-state index is -0.233. The van der Waals surface area contributed by atoms with E-state index in [1.165, 1.54) is 173 Å². The second-order valence-corrected chi connectivity index (χ2v) is 13.2. The second-order valence-electron chi connectivity index (χ2n) is 13.2. The van der Waals surface area contributed by atoms with Crippen LogP contribution in [0.5, 0.6) is 0 Å². The third-order valence-electron chi connectivity index (χ3n) is 9.09. The van der Waals surface area contributed by atoms with E-state index in [-0.39, 0.29) is 18.0 Å². The van der Waals surface area contributed by atoms with Crippen LogP contribution in [0, 0.1) is 0 Å². The summed E-state index contributed by atoms with van der Waals surface area (Å²) in [6.07, 6.45) is 41.2. The first-order valence-corrected chi connectivity index (χ1v) is 18.6. The Balaban J connectivity index is 1.66. The van der Waals surface area contributed by atoms with Gasteiger partial charge in [-0.25, -0.2) is 0 Å². The third-order valence-corrected chi connectivity index (χ3v) is 9.09. The summed E-state index contributed by atoms with van der Waals surface area (Å²) < 4.78 is 5.41. The van der Waals surface area contributed by atoms with Crippen molar-refractivity contribution in [2.24, 2.45) is 0 Å². The van der Waals surface area contributed by atoms with Gasteiger partial charge < -0.3 is 9.64 Å². The van der Waals surface area contributed by atoms with Crippen molar-refractivity contribution in [2.45, 2.75) is 212 Å². The highest BCUT2D eigenvalue weighted by Gasteiger charge is 2.29. The first-order valence-electron chi connectivity index (χ1n) is 18.6. The molecule has 4 heteroatoms. The van der Waals surface area contributed by atoms with Gasteiger partial charge in [-0.15, -0.1) is 0 Å². The van der Waals surface area contributed by atoms with Gasteiger partial charge in [-0.05, 0) is 6.42 Å². The zero-order valence-electron chi connectivity index (χ0n) is 27.9. The number of unbranched alkanes of at least 4 members (excludes halogenated alkanes) is 28. The van der Waals surface area contributed by atoms with Crippen LogP contribution in [-0.4, -0.2) is 36.5 Å². The van der Waals surface area contributed by atoms with Gasteiger partial charge >= 0.3 is 5.97 Å². The molecule has 0 bridgehead atoms. The first kappa shape index (κ1) is 38.0. The van der Waals surface area contributed by atoms with E-state index in [0.29, 0.717) is 19.4 Å². The number of amides is 1. The number of esters is 1. The van der Waals surface area contributed by atoms with Crippen molar-refractivity contribution in [3.63, 3.8) is 0 Å². The smallest absolute Gasteiger partial charge is 0.306 e. The molecule has 1 atom stereocenters. The highest BCUT2D eigenvalue weighted by atomic mass is 16.5. The van der Waals surface area contributed by atoms with E-state index in [4.69, 9.17) is 4.74 Å². The summed E-state index contributed by atoms with van der Waals surface area (Å²) in [5.74, 6) is -0.0633. The van der Waals surface area contributed by atoms with Gasteiger partial charge in [-0.1, -0.05) is 187 Å². The van der Waals surface area contributed by atoms with E-state index in [2.05, 4.69) is 6.92 Å². The number of hydrogen-bond acceptors (Lipinski definition) is 3. The molecule has 0 aromatic rings. The molecular formula is C37H71NO3. The molecule has 1 aliphatic rings. The number of likely N-dealkylation sites (tertiary alicyclic amines) is 1. The Hall–Kier alpha value is -1.06. The lowest BCUT2D eigenvalue weighted by molar-refractivity contribution is -0.148. The first-order chi connectivity index (χ1) is 20.1. The van der Waals surface area contributed by atoms with Crippen LogP contribution >= 0.6 is 0 Å². The molecule has 0 aromatic heterocycles. The van der Waals surface area contributed by atoms with Gasteiger partial charge in [0.2, 0.25) is 5.91 Å². The molecule has 1 saturated heterocycles. The molecule has 242 valence electrons. The maximum Gasteiger partial charge on any atom is 0.306 e. The zero-order valence-corrected chi connectivity index (χ0v) is 27.9. The Kier molecular flexibility index (Phi) is 26.9. The van der Waals surface area contributed by atoms with E-state index >= 15 is 0 Å². The van der Waals surface area contributed by atoms with E-state index in [1.54, 1.807) is 11.9 Å². The van der Waals surface area contributed by atoms with Crippen LogP contribution in [0.4, 0.5) is 0 Å². The highest BCUT2D eigenvalue weighted by Crippen LogP contribution is 2.17. The monoisotopic (exact) mass is 578 g/mol. The van der Waals surface area contributed by atoms with E-state index < -0.39 is 0 Å². The van der Waals surface area contributed by atoms with Crippen LogP contribution in [0.3, 0.4) is 0 Å². The molecule has 1 unspecified atom stereocenters. The number of ether oxygens (including phenoxy) is 1. The van der Waals surface area contributed by atoms with Gasteiger partial charge in [-0.3, -0.25) is 9.59 Å². The Labute approximate surface area is 256 Å². The summed E-state index contributed by atoms with van der Waals surface area (Å²) in [5, 5.41) is 0. The van der Waals surface area contributed by atoms with Gasteiger partial charge in [0.15, 0.2) is 0 Å². The van der Waals surface area contributed by atoms with E-state index in [0.717, 1.165) is 12.8 Å². The van der Waals surface area contributed by atoms with Gasteiger partial charge in [0.05, 0.1) is 13.0 Å². The molecule has 0 aromatic carbocycles. The van der Waals surface area contributed by atoms with Crippen LogP contribution in [0.2, 0.25) is 0 Å². The van der Waals surface area contributed by atoms with Crippen molar-refractivity contribution in [1.82, 2.24) is 4.90 Å². The van der Waals surface area contributed by atoms with Crippen molar-refractivity contribution in [3.8, 4) is 0 Å². The summed E-state index contributed by atoms with van der Waals surface area (Å²) >= 11 is 0. The van der Waals surface area contributed by atoms with Crippen molar-refractivity contribution in [1.29, 1.82) is 0 Å². The van der Waals surface area contributed by atoms with Gasteiger partial charge in [0.25, 0.3) is 0 Å². The second kappa shape index (κ2) is 29.0. The molecule has 0 spiro atoms. The van der Waals surface area contributed by atoms with Crippen molar-refractivity contribution >= 4 is 11.9 Å². The summed E-state index contributed by atoms with van der Waals surface area (Å²) in [7, 11) is 1.76. The summed E-state index contributed by atoms with van der Waals surface area (Å²) in [4.78, 5) is 25.0. The molecule has 0 N–H and O–H groups in total. The molecular weight excluding hydrogens is 506 g/mol. The lowest BCUT2D eigenvalue weighted by Crippen LogP contribution is -2.23. The van der Waals surface area contributed by atoms with Crippen LogP contribution in [0.15, 0.2) is 0 Å². The number of carbonyl (C=O) groups is 2. The fourth-order valence-electron chi connectivity index (χ4n) is 6.26. The molecule has 41 heavy (non-hydrogen) atoms. The molecule has 1 fully saturated rings. The lowest BCUT2D eigenvalue weighted by Gasteiger charge is -2.11. The average Bonchev–Trinajstić information content (AvgIpc) is 3.27. The standard InChI is InChI=1S/C37H71NO3/c1-3-4-5-6-7-8-9-10-11-12-13-14-15-16-17-18-19-20-21-22-23-24-25-26-27-28-29-30-31-32-37(40)41-35-33-36(39)38(2)34-35/h35H,3-34H2,1-2H3. The Bertz CT molecular complexity index is 593. The minimum Gasteiger partial charge on any atom is -0.460 e. The molecule has 0 saturated carbocycles. The fraction of sp³-hybridized carbons (Fsp3) is 0.946. The normalized spacial score (nSPS) is 15.2. The number of hydrogen-bond donors (Lipinski definition) is 0. The quantitative estimate of drug-likeness (QED) is 0.0608. The Morgan fingerprint density at radius 3 is 1.12 bits per heavy atom. The largest absolute Gasteiger partial charge is 0.460 e. The molecule has 1 rings (SSSR count). The van der Waals surface area contributed by atoms with Crippen molar-refractivity contribution in [2.75, 3.05) is 13.6 Å². The summed E-state index contributed by atoms with van der Waals surface area (Å²) in [5.41, 5.74) is 0. The number of nitrogens with zero attached hydrogens (tertiary/aromatic N) is 1. The van der Waals surface area contributed by atoms with Crippen LogP contribution in [0.25, 0.3) is 0 Å². The minimum absolute atomic E-state index is 0.0727. The molecule has 0 aliphatic carbocycles. The number of carbonyl (C=O) groups excluding carboxylic acids is 2. The zero-order chi connectivity index (χ0) is 29.6.